The van der Waals surface area contributed by atoms with Crippen molar-refractivity contribution in [2.75, 3.05) is 7.11 Å². The Bertz CT molecular complexity index is 1040. The number of halogens is 1. The third-order valence-electron chi connectivity index (χ3n) is 4.08. The maximum absolute atomic E-state index is 12.3. The highest BCUT2D eigenvalue weighted by Gasteiger charge is 2.22. The monoisotopic (exact) mass is 445 g/mol. The number of thioether (sulfide) groups is 1. The van der Waals surface area contributed by atoms with Crippen LogP contribution in [0.2, 0.25) is 5.02 Å². The second-order valence-electron chi connectivity index (χ2n) is 6.28. The number of hydrogen-bond acceptors (Lipinski definition) is 6. The molecule has 3 rings (SSSR count). The van der Waals surface area contributed by atoms with Crippen molar-refractivity contribution in [3.8, 4) is 22.8 Å². The van der Waals surface area contributed by atoms with E-state index in [1.54, 1.807) is 26.2 Å². The van der Waals surface area contributed by atoms with E-state index in [4.69, 9.17) is 16.3 Å². The molecule has 10 heteroatoms. The summed E-state index contributed by atoms with van der Waals surface area (Å²) in [5, 5.41) is 9.24. The number of nitrogens with one attached hydrogen (secondary N) is 2. The molecule has 3 aromatic rings. The molecule has 30 heavy (non-hydrogen) atoms. The van der Waals surface area contributed by atoms with Gasteiger partial charge in [0, 0.05) is 23.2 Å². The molecule has 0 aliphatic carbocycles. The standard InChI is InChI=1S/C20H20ClN5O3S/c1-12(19(28)24-22-13(2)27)30-20-25-23-18(14-4-6-15(21)7-5-14)26(20)16-8-10-17(29-3)11-9-16/h4-12H,1-3H3,(H,22,27)(H,24,28)/t12-/m1/s1. The molecule has 0 unspecified atom stereocenters. The van der Waals surface area contributed by atoms with Crippen molar-refractivity contribution >= 4 is 35.2 Å². The van der Waals surface area contributed by atoms with Gasteiger partial charge >= 0.3 is 0 Å². The number of hydrazine groups is 1. The van der Waals surface area contributed by atoms with Crippen molar-refractivity contribution in [2.24, 2.45) is 0 Å². The van der Waals surface area contributed by atoms with Gasteiger partial charge in [0.2, 0.25) is 5.91 Å². The zero-order valence-electron chi connectivity index (χ0n) is 16.5. The molecule has 156 valence electrons. The summed E-state index contributed by atoms with van der Waals surface area (Å²) in [4.78, 5) is 23.3. The van der Waals surface area contributed by atoms with Crippen LogP contribution in [0.25, 0.3) is 17.1 Å². The molecule has 0 saturated carbocycles. The molecule has 0 radical (unpaired) electrons. The first kappa shape index (κ1) is 21.7. The minimum atomic E-state index is -0.531. The molecular weight excluding hydrogens is 426 g/mol. The number of benzene rings is 2. The zero-order chi connectivity index (χ0) is 21.7. The summed E-state index contributed by atoms with van der Waals surface area (Å²) in [6, 6.07) is 14.7. The molecule has 0 bridgehead atoms. The molecular formula is C20H20ClN5O3S. The second kappa shape index (κ2) is 9.64. The minimum absolute atomic E-state index is 0.354. The number of nitrogens with zero attached hydrogens (tertiary/aromatic N) is 3. The number of rotatable bonds is 6. The lowest BCUT2D eigenvalue weighted by Gasteiger charge is -2.14. The Labute approximate surface area is 182 Å². The summed E-state index contributed by atoms with van der Waals surface area (Å²) >= 11 is 7.24. The number of ether oxygens (including phenoxy) is 1. The average molecular weight is 446 g/mol. The van der Waals surface area contributed by atoms with Gasteiger partial charge in [0.15, 0.2) is 11.0 Å². The number of methoxy groups -OCH3 is 1. The van der Waals surface area contributed by atoms with Gasteiger partial charge in [-0.2, -0.15) is 0 Å². The van der Waals surface area contributed by atoms with Gasteiger partial charge in [0.05, 0.1) is 12.4 Å². The smallest absolute Gasteiger partial charge is 0.251 e. The Morgan fingerprint density at radius 2 is 1.73 bits per heavy atom. The molecule has 0 aliphatic heterocycles. The van der Waals surface area contributed by atoms with E-state index in [-0.39, 0.29) is 11.8 Å². The molecule has 8 nitrogen and oxygen atoms in total. The summed E-state index contributed by atoms with van der Waals surface area (Å²) in [7, 11) is 1.60. The summed E-state index contributed by atoms with van der Waals surface area (Å²) in [6.45, 7) is 3.04. The maximum Gasteiger partial charge on any atom is 0.251 e. The molecule has 1 aromatic heterocycles. The van der Waals surface area contributed by atoms with Crippen LogP contribution >= 0.6 is 23.4 Å². The lowest BCUT2D eigenvalue weighted by molar-refractivity contribution is -0.127. The van der Waals surface area contributed by atoms with Gasteiger partial charge < -0.3 is 4.74 Å². The van der Waals surface area contributed by atoms with Gasteiger partial charge in [-0.05, 0) is 55.5 Å². The van der Waals surface area contributed by atoms with Gasteiger partial charge in [-0.15, -0.1) is 10.2 Å². The summed E-state index contributed by atoms with van der Waals surface area (Å²) < 4.78 is 7.10. The van der Waals surface area contributed by atoms with E-state index in [1.165, 1.54) is 18.7 Å². The van der Waals surface area contributed by atoms with Gasteiger partial charge in [0.25, 0.3) is 5.91 Å². The molecule has 1 atom stereocenters. The van der Waals surface area contributed by atoms with Gasteiger partial charge in [-0.25, -0.2) is 0 Å². The molecule has 1 heterocycles. The van der Waals surface area contributed by atoms with E-state index in [0.717, 1.165) is 17.0 Å². The van der Waals surface area contributed by atoms with Crippen molar-refractivity contribution in [1.82, 2.24) is 25.6 Å². The van der Waals surface area contributed by atoms with E-state index in [2.05, 4.69) is 21.0 Å². The molecule has 2 N–H and O–H groups in total. The average Bonchev–Trinajstić information content (AvgIpc) is 3.15. The number of carbonyl (C=O) groups excluding carboxylic acids is 2. The van der Waals surface area contributed by atoms with Crippen LogP contribution in [0.3, 0.4) is 0 Å². The van der Waals surface area contributed by atoms with Crippen molar-refractivity contribution < 1.29 is 14.3 Å². The second-order valence-corrected chi connectivity index (χ2v) is 8.02. The Hall–Kier alpha value is -3.04. The zero-order valence-corrected chi connectivity index (χ0v) is 18.1. The largest absolute Gasteiger partial charge is 0.497 e. The van der Waals surface area contributed by atoms with E-state index in [1.807, 2.05) is 41.0 Å². The van der Waals surface area contributed by atoms with E-state index >= 15 is 0 Å². The molecule has 0 saturated heterocycles. The summed E-state index contributed by atoms with van der Waals surface area (Å²) in [6.07, 6.45) is 0. The highest BCUT2D eigenvalue weighted by atomic mass is 35.5. The van der Waals surface area contributed by atoms with Crippen molar-refractivity contribution in [2.45, 2.75) is 24.3 Å². The topological polar surface area (TPSA) is 98.1 Å². The minimum Gasteiger partial charge on any atom is -0.497 e. The highest BCUT2D eigenvalue weighted by molar-refractivity contribution is 8.00. The fraction of sp³-hybridized carbons (Fsp3) is 0.200. The Morgan fingerprint density at radius 3 is 2.33 bits per heavy atom. The number of hydrogen-bond donors (Lipinski definition) is 2. The Kier molecular flexibility index (Phi) is 6.96. The summed E-state index contributed by atoms with van der Waals surface area (Å²) in [5.41, 5.74) is 6.29. The van der Waals surface area contributed by atoms with Crippen LogP contribution in [-0.2, 0) is 9.59 Å². The predicted octanol–water partition coefficient (Wildman–Crippen LogP) is 3.24. The number of aromatic nitrogens is 3. The number of carbonyl (C=O) groups is 2. The van der Waals surface area contributed by atoms with Gasteiger partial charge in [-0.3, -0.25) is 25.0 Å². The van der Waals surface area contributed by atoms with Crippen molar-refractivity contribution in [3.63, 3.8) is 0 Å². The third-order valence-corrected chi connectivity index (χ3v) is 5.37. The van der Waals surface area contributed by atoms with Crippen molar-refractivity contribution in [1.29, 1.82) is 0 Å². The van der Waals surface area contributed by atoms with E-state index in [0.29, 0.717) is 16.0 Å². The normalized spacial score (nSPS) is 11.6. The Balaban J connectivity index is 1.97. The highest BCUT2D eigenvalue weighted by Crippen LogP contribution is 2.31. The van der Waals surface area contributed by atoms with Crippen LogP contribution < -0.4 is 15.6 Å². The van der Waals surface area contributed by atoms with E-state index < -0.39 is 5.25 Å². The Morgan fingerprint density at radius 1 is 1.07 bits per heavy atom. The quantitative estimate of drug-likeness (QED) is 0.446. The third kappa shape index (κ3) is 5.11. The van der Waals surface area contributed by atoms with Crippen LogP contribution in [0, 0.1) is 0 Å². The van der Waals surface area contributed by atoms with Crippen LogP contribution in [0.15, 0.2) is 53.7 Å². The fourth-order valence-corrected chi connectivity index (χ4v) is 3.55. The van der Waals surface area contributed by atoms with Crippen LogP contribution in [0.1, 0.15) is 13.8 Å². The van der Waals surface area contributed by atoms with Crippen LogP contribution in [0.5, 0.6) is 5.75 Å². The first-order valence-corrected chi connectivity index (χ1v) is 10.2. The van der Waals surface area contributed by atoms with Crippen molar-refractivity contribution in [3.05, 3.63) is 53.6 Å². The van der Waals surface area contributed by atoms with Gasteiger partial charge in [0.1, 0.15) is 5.75 Å². The molecule has 2 aromatic carbocycles. The van der Waals surface area contributed by atoms with Crippen LogP contribution in [0.4, 0.5) is 0 Å². The van der Waals surface area contributed by atoms with Gasteiger partial charge in [-0.1, -0.05) is 23.4 Å². The van der Waals surface area contributed by atoms with Crippen LogP contribution in [-0.4, -0.2) is 38.9 Å². The van der Waals surface area contributed by atoms with E-state index in [9.17, 15) is 9.59 Å². The molecule has 0 aliphatic rings. The maximum atomic E-state index is 12.3. The number of amides is 2. The molecule has 0 spiro atoms. The lowest BCUT2D eigenvalue weighted by Crippen LogP contribution is -2.43. The first-order chi connectivity index (χ1) is 14.4. The molecule has 2 amide bonds. The molecule has 0 fully saturated rings. The predicted molar refractivity (Wildman–Crippen MR) is 116 cm³/mol. The first-order valence-electron chi connectivity index (χ1n) is 8.98. The fourth-order valence-electron chi connectivity index (χ4n) is 2.56. The summed E-state index contributed by atoms with van der Waals surface area (Å²) in [5.74, 6) is 0.616. The lowest BCUT2D eigenvalue weighted by atomic mass is 10.2. The SMILES string of the molecule is COc1ccc(-n2c(S[C@H](C)C(=O)NNC(C)=O)nnc2-c2ccc(Cl)cc2)cc1.